The van der Waals surface area contributed by atoms with E-state index in [-0.39, 0.29) is 11.0 Å². The van der Waals surface area contributed by atoms with E-state index in [1.807, 2.05) is 12.1 Å². The summed E-state index contributed by atoms with van der Waals surface area (Å²) in [6, 6.07) is 6.15. The van der Waals surface area contributed by atoms with Crippen LogP contribution in [-0.4, -0.2) is 25.4 Å². The summed E-state index contributed by atoms with van der Waals surface area (Å²) < 4.78 is 17.3. The number of benzene rings is 1. The Morgan fingerprint density at radius 3 is 2.88 bits per heavy atom. The van der Waals surface area contributed by atoms with Gasteiger partial charge < -0.3 is 14.2 Å². The third-order valence-corrected chi connectivity index (χ3v) is 4.85. The molecule has 1 aliphatic rings. The second-order valence-electron chi connectivity index (χ2n) is 8.30. The molecule has 0 bridgehead atoms. The molecule has 0 amide bonds. The predicted octanol–water partition coefficient (Wildman–Crippen LogP) is 5.28. The van der Waals surface area contributed by atoms with Crippen LogP contribution in [0.5, 0.6) is 11.5 Å². The fraction of sp³-hybridized carbons (Fsp3) is 0.565. The first-order valence-corrected chi connectivity index (χ1v) is 9.37. The van der Waals surface area contributed by atoms with E-state index >= 15 is 0 Å². The lowest BCUT2D eigenvalue weighted by molar-refractivity contribution is -0.00564. The van der Waals surface area contributed by atoms with Crippen molar-refractivity contribution in [3.05, 3.63) is 35.4 Å². The number of hydrogen-bond donors (Lipinski definition) is 0. The lowest BCUT2D eigenvalue weighted by atomic mass is 9.87. The van der Waals surface area contributed by atoms with Crippen molar-refractivity contribution in [3.63, 3.8) is 0 Å². The maximum Gasteiger partial charge on any atom is 0.126 e. The molecule has 3 heteroatoms. The van der Waals surface area contributed by atoms with E-state index in [0.29, 0.717) is 13.2 Å². The van der Waals surface area contributed by atoms with E-state index in [1.54, 1.807) is 0 Å². The zero-order chi connectivity index (χ0) is 19.2. The van der Waals surface area contributed by atoms with Gasteiger partial charge in [-0.25, -0.2) is 0 Å². The van der Waals surface area contributed by atoms with Crippen molar-refractivity contribution in [1.82, 2.24) is 0 Å². The fourth-order valence-corrected chi connectivity index (χ4v) is 3.09. The highest BCUT2D eigenvalue weighted by Crippen LogP contribution is 2.40. The largest absolute Gasteiger partial charge is 0.492 e. The molecule has 0 atom stereocenters. The van der Waals surface area contributed by atoms with Crippen molar-refractivity contribution in [2.24, 2.45) is 0 Å². The van der Waals surface area contributed by atoms with Gasteiger partial charge in [0.05, 0.1) is 12.2 Å². The zero-order valence-corrected chi connectivity index (χ0v) is 16.9. The van der Waals surface area contributed by atoms with Gasteiger partial charge in [-0.15, -0.1) is 6.42 Å². The Balaban J connectivity index is 1.76. The monoisotopic (exact) mass is 356 g/mol. The average molecular weight is 357 g/mol. The minimum Gasteiger partial charge on any atom is -0.492 e. The van der Waals surface area contributed by atoms with Crippen molar-refractivity contribution in [1.29, 1.82) is 0 Å². The Bertz CT molecular complexity index is 677. The molecule has 0 fully saturated rings. The van der Waals surface area contributed by atoms with Gasteiger partial charge in [0.2, 0.25) is 0 Å². The standard InChI is InChI=1S/C23H32O3/c1-7-14-26-23(5,6)13-8-9-18(2)12-15-24-19-10-11-20-21(16-19)25-17-22(20,3)4/h1,10-12,16H,8-9,13-15,17H2,2-6H3. The summed E-state index contributed by atoms with van der Waals surface area (Å²) in [5.41, 5.74) is 2.51. The number of ether oxygens (including phenoxy) is 3. The Morgan fingerprint density at radius 2 is 2.15 bits per heavy atom. The minimum absolute atomic E-state index is 0.0854. The molecule has 0 radical (unpaired) electrons. The minimum atomic E-state index is -0.165. The van der Waals surface area contributed by atoms with Crippen LogP contribution in [0.1, 0.15) is 59.4 Å². The summed E-state index contributed by atoms with van der Waals surface area (Å²) in [5, 5.41) is 0. The van der Waals surface area contributed by atoms with Gasteiger partial charge in [0.1, 0.15) is 24.7 Å². The van der Waals surface area contributed by atoms with Crippen LogP contribution in [0.25, 0.3) is 0 Å². The molecular formula is C23H32O3. The third kappa shape index (κ3) is 5.81. The molecule has 0 unspecified atom stereocenters. The molecule has 0 saturated carbocycles. The van der Waals surface area contributed by atoms with E-state index in [9.17, 15) is 0 Å². The first-order chi connectivity index (χ1) is 12.2. The first-order valence-electron chi connectivity index (χ1n) is 9.37. The second kappa shape index (κ2) is 8.64. The van der Waals surface area contributed by atoms with Crippen LogP contribution in [0.15, 0.2) is 29.8 Å². The van der Waals surface area contributed by atoms with E-state index in [0.717, 1.165) is 37.4 Å². The molecule has 1 aromatic carbocycles. The van der Waals surface area contributed by atoms with E-state index in [1.165, 1.54) is 11.1 Å². The quantitative estimate of drug-likeness (QED) is 0.445. The maximum absolute atomic E-state index is 5.87. The molecule has 1 aliphatic heterocycles. The number of fused-ring (bicyclic) bond motifs is 1. The number of rotatable bonds is 9. The SMILES string of the molecule is C#CCOC(C)(C)CCCC(C)=CCOc1ccc2c(c1)OCC2(C)C. The number of hydrogen-bond acceptors (Lipinski definition) is 3. The normalized spacial score (nSPS) is 15.9. The van der Waals surface area contributed by atoms with Crippen LogP contribution in [0.3, 0.4) is 0 Å². The van der Waals surface area contributed by atoms with Crippen molar-refractivity contribution in [2.45, 2.75) is 64.9 Å². The van der Waals surface area contributed by atoms with Crippen molar-refractivity contribution in [2.75, 3.05) is 19.8 Å². The van der Waals surface area contributed by atoms with Crippen LogP contribution in [-0.2, 0) is 10.2 Å². The molecule has 2 rings (SSSR count). The highest BCUT2D eigenvalue weighted by atomic mass is 16.5. The zero-order valence-electron chi connectivity index (χ0n) is 16.9. The first kappa shape index (κ1) is 20.4. The third-order valence-electron chi connectivity index (χ3n) is 4.85. The lowest BCUT2D eigenvalue weighted by Gasteiger charge is -2.24. The van der Waals surface area contributed by atoms with Crippen LogP contribution < -0.4 is 9.47 Å². The van der Waals surface area contributed by atoms with E-state index in [4.69, 9.17) is 20.6 Å². The van der Waals surface area contributed by atoms with Gasteiger partial charge in [-0.2, -0.15) is 0 Å². The second-order valence-corrected chi connectivity index (χ2v) is 8.30. The molecule has 0 aliphatic carbocycles. The molecule has 0 N–H and O–H groups in total. The highest BCUT2D eigenvalue weighted by Gasteiger charge is 2.31. The Morgan fingerprint density at radius 1 is 1.38 bits per heavy atom. The Hall–Kier alpha value is -1.92. The molecular weight excluding hydrogens is 324 g/mol. The topological polar surface area (TPSA) is 27.7 Å². The maximum atomic E-state index is 5.87. The molecule has 3 nitrogen and oxygen atoms in total. The molecule has 1 heterocycles. The van der Waals surface area contributed by atoms with Crippen LogP contribution in [0.2, 0.25) is 0 Å². The van der Waals surface area contributed by atoms with Gasteiger partial charge in [-0.1, -0.05) is 31.4 Å². The van der Waals surface area contributed by atoms with Crippen molar-refractivity contribution < 1.29 is 14.2 Å². The molecule has 0 saturated heterocycles. The summed E-state index contributed by atoms with van der Waals surface area (Å²) in [7, 11) is 0. The summed E-state index contributed by atoms with van der Waals surface area (Å²) in [6.07, 6.45) is 10.5. The van der Waals surface area contributed by atoms with Gasteiger partial charge in [0, 0.05) is 17.0 Å². The molecule has 1 aromatic rings. The van der Waals surface area contributed by atoms with Crippen LogP contribution in [0.4, 0.5) is 0 Å². The molecule has 0 spiro atoms. The van der Waals surface area contributed by atoms with E-state index in [2.05, 4.69) is 52.7 Å². The highest BCUT2D eigenvalue weighted by molar-refractivity contribution is 5.47. The summed E-state index contributed by atoms with van der Waals surface area (Å²) in [5.74, 6) is 4.33. The number of terminal acetylenes is 1. The van der Waals surface area contributed by atoms with Gasteiger partial charge in [-0.05, 0) is 52.2 Å². The fourth-order valence-electron chi connectivity index (χ4n) is 3.09. The van der Waals surface area contributed by atoms with Crippen molar-refractivity contribution in [3.8, 4) is 23.8 Å². The van der Waals surface area contributed by atoms with Gasteiger partial charge in [-0.3, -0.25) is 0 Å². The molecule has 142 valence electrons. The molecule has 0 aromatic heterocycles. The van der Waals surface area contributed by atoms with Crippen LogP contribution in [0, 0.1) is 12.3 Å². The average Bonchev–Trinajstić information content (AvgIpc) is 2.88. The Kier molecular flexibility index (Phi) is 6.78. The van der Waals surface area contributed by atoms with Crippen molar-refractivity contribution >= 4 is 0 Å². The summed E-state index contributed by atoms with van der Waals surface area (Å²) in [6.45, 7) is 12.4. The van der Waals surface area contributed by atoms with Gasteiger partial charge in [0.15, 0.2) is 0 Å². The number of allylic oxidation sites excluding steroid dienone is 1. The van der Waals surface area contributed by atoms with E-state index < -0.39 is 0 Å². The summed E-state index contributed by atoms with van der Waals surface area (Å²) >= 11 is 0. The molecule has 26 heavy (non-hydrogen) atoms. The van der Waals surface area contributed by atoms with Gasteiger partial charge in [0.25, 0.3) is 0 Å². The van der Waals surface area contributed by atoms with Crippen LogP contribution >= 0.6 is 0 Å². The predicted molar refractivity (Wildman–Crippen MR) is 107 cm³/mol. The summed E-state index contributed by atoms with van der Waals surface area (Å²) in [4.78, 5) is 0. The van der Waals surface area contributed by atoms with Gasteiger partial charge >= 0.3 is 0 Å². The lowest BCUT2D eigenvalue weighted by Crippen LogP contribution is -2.24. The smallest absolute Gasteiger partial charge is 0.126 e. The Labute approximate surface area is 158 Å².